The van der Waals surface area contributed by atoms with Crippen LogP contribution in [-0.2, 0) is 11.3 Å². The number of halogens is 1. The first-order valence-electron chi connectivity index (χ1n) is 7.21. The van der Waals surface area contributed by atoms with Crippen molar-refractivity contribution in [2.24, 2.45) is 5.73 Å². The quantitative estimate of drug-likeness (QED) is 0.842. The van der Waals surface area contributed by atoms with Crippen molar-refractivity contribution in [1.82, 2.24) is 0 Å². The number of rotatable bonds is 4. The zero-order chi connectivity index (χ0) is 13.7. The maximum Gasteiger partial charge on any atom is 0.123 e. The number of ether oxygens (including phenoxy) is 1. The summed E-state index contributed by atoms with van der Waals surface area (Å²) in [5, 5.41) is 0. The minimum Gasteiger partial charge on any atom is -0.375 e. The van der Waals surface area contributed by atoms with Crippen LogP contribution in [0.25, 0.3) is 0 Å². The molecule has 1 fully saturated rings. The van der Waals surface area contributed by atoms with Crippen LogP contribution in [0, 0.1) is 12.7 Å². The number of benzene rings is 1. The van der Waals surface area contributed by atoms with Crippen molar-refractivity contribution in [2.45, 2.75) is 57.6 Å². The smallest absolute Gasteiger partial charge is 0.123 e. The molecule has 0 radical (unpaired) electrons. The largest absolute Gasteiger partial charge is 0.375 e. The molecule has 0 aromatic heterocycles. The lowest BCUT2D eigenvalue weighted by atomic mass is 9.92. The fraction of sp³-hybridized carbons (Fsp3) is 0.625. The van der Waals surface area contributed by atoms with Crippen LogP contribution < -0.4 is 5.73 Å². The number of hydrogen-bond acceptors (Lipinski definition) is 2. The third-order valence-corrected chi connectivity index (χ3v) is 4.05. The van der Waals surface area contributed by atoms with Crippen LogP contribution in [0.3, 0.4) is 0 Å². The lowest BCUT2D eigenvalue weighted by molar-refractivity contribution is 0.0664. The summed E-state index contributed by atoms with van der Waals surface area (Å²) < 4.78 is 18.8. The molecule has 3 heteroatoms. The van der Waals surface area contributed by atoms with Crippen molar-refractivity contribution >= 4 is 0 Å². The van der Waals surface area contributed by atoms with Gasteiger partial charge in [-0.15, -0.1) is 0 Å². The van der Waals surface area contributed by atoms with Gasteiger partial charge in [-0.1, -0.05) is 31.7 Å². The van der Waals surface area contributed by atoms with Gasteiger partial charge in [0.25, 0.3) is 0 Å². The Morgan fingerprint density at radius 2 is 1.89 bits per heavy atom. The highest BCUT2D eigenvalue weighted by molar-refractivity contribution is 5.25. The molecule has 106 valence electrons. The summed E-state index contributed by atoms with van der Waals surface area (Å²) in [6.07, 6.45) is 7.09. The van der Waals surface area contributed by atoms with Gasteiger partial charge in [-0.05, 0) is 43.0 Å². The Morgan fingerprint density at radius 3 is 2.53 bits per heavy atom. The monoisotopic (exact) mass is 265 g/mol. The van der Waals surface area contributed by atoms with E-state index in [0.717, 1.165) is 24.0 Å². The van der Waals surface area contributed by atoms with E-state index in [1.807, 2.05) is 6.92 Å². The van der Waals surface area contributed by atoms with Crippen molar-refractivity contribution in [2.75, 3.05) is 6.61 Å². The third kappa shape index (κ3) is 4.29. The Kier molecular flexibility index (Phi) is 4.94. The molecule has 2 nitrogen and oxygen atoms in total. The van der Waals surface area contributed by atoms with Crippen LogP contribution >= 0.6 is 0 Å². The highest BCUT2D eigenvalue weighted by atomic mass is 19.1. The summed E-state index contributed by atoms with van der Waals surface area (Å²) in [6, 6.07) is 4.82. The van der Waals surface area contributed by atoms with Gasteiger partial charge in [0.1, 0.15) is 5.82 Å². The van der Waals surface area contributed by atoms with E-state index >= 15 is 0 Å². The standard InChI is InChI=1S/C16H24FNO/c1-13-10-15(17)7-6-14(13)11-19-12-16(18)8-4-2-3-5-9-16/h6-7,10H,2-5,8-9,11-12,18H2,1H3. The maximum absolute atomic E-state index is 13.0. The molecule has 0 heterocycles. The van der Waals surface area contributed by atoms with E-state index in [0.29, 0.717) is 13.2 Å². The van der Waals surface area contributed by atoms with Gasteiger partial charge in [-0.3, -0.25) is 0 Å². The Morgan fingerprint density at radius 1 is 1.21 bits per heavy atom. The average molecular weight is 265 g/mol. The Balaban J connectivity index is 1.85. The molecule has 1 aromatic rings. The first-order chi connectivity index (χ1) is 9.09. The highest BCUT2D eigenvalue weighted by Crippen LogP contribution is 2.25. The number of hydrogen-bond donors (Lipinski definition) is 1. The van der Waals surface area contributed by atoms with E-state index in [-0.39, 0.29) is 11.4 Å². The molecular weight excluding hydrogens is 241 g/mol. The van der Waals surface area contributed by atoms with E-state index < -0.39 is 0 Å². The minimum absolute atomic E-state index is 0.162. The molecule has 0 atom stereocenters. The molecule has 0 bridgehead atoms. The summed E-state index contributed by atoms with van der Waals surface area (Å²) in [5.41, 5.74) is 8.22. The predicted octanol–water partition coefficient (Wildman–Crippen LogP) is 3.70. The van der Waals surface area contributed by atoms with Gasteiger partial charge in [0, 0.05) is 5.54 Å². The minimum atomic E-state index is -0.194. The van der Waals surface area contributed by atoms with Gasteiger partial charge >= 0.3 is 0 Å². The van der Waals surface area contributed by atoms with Crippen LogP contribution in [0.2, 0.25) is 0 Å². The Labute approximate surface area is 115 Å². The average Bonchev–Trinajstić information content (AvgIpc) is 2.57. The molecule has 19 heavy (non-hydrogen) atoms. The SMILES string of the molecule is Cc1cc(F)ccc1COCC1(N)CCCCCC1. The summed E-state index contributed by atoms with van der Waals surface area (Å²) >= 11 is 0. The van der Waals surface area contributed by atoms with E-state index in [2.05, 4.69) is 0 Å². The molecule has 1 saturated carbocycles. The molecule has 0 unspecified atom stereocenters. The predicted molar refractivity (Wildman–Crippen MR) is 75.4 cm³/mol. The van der Waals surface area contributed by atoms with Crippen molar-refractivity contribution in [3.05, 3.63) is 35.1 Å². The highest BCUT2D eigenvalue weighted by Gasteiger charge is 2.26. The Bertz CT molecular complexity index is 411. The van der Waals surface area contributed by atoms with Crippen molar-refractivity contribution in [3.8, 4) is 0 Å². The molecule has 0 aliphatic heterocycles. The van der Waals surface area contributed by atoms with Crippen molar-refractivity contribution in [3.63, 3.8) is 0 Å². The normalized spacial score (nSPS) is 19.1. The summed E-state index contributed by atoms with van der Waals surface area (Å²) in [6.45, 7) is 3.03. The second-order valence-corrected chi connectivity index (χ2v) is 5.84. The fourth-order valence-electron chi connectivity index (χ4n) is 2.76. The number of aryl methyl sites for hydroxylation is 1. The van der Waals surface area contributed by atoms with E-state index in [9.17, 15) is 4.39 Å². The fourth-order valence-corrected chi connectivity index (χ4v) is 2.76. The molecule has 0 spiro atoms. The first-order valence-corrected chi connectivity index (χ1v) is 7.21. The van der Waals surface area contributed by atoms with Crippen molar-refractivity contribution in [1.29, 1.82) is 0 Å². The summed E-state index contributed by atoms with van der Waals surface area (Å²) in [7, 11) is 0. The van der Waals surface area contributed by atoms with E-state index in [1.54, 1.807) is 12.1 Å². The molecule has 1 aliphatic rings. The van der Waals surface area contributed by atoms with Gasteiger partial charge < -0.3 is 10.5 Å². The lowest BCUT2D eigenvalue weighted by Crippen LogP contribution is -2.43. The zero-order valence-electron chi connectivity index (χ0n) is 11.8. The van der Waals surface area contributed by atoms with Crippen LogP contribution in [-0.4, -0.2) is 12.1 Å². The van der Waals surface area contributed by atoms with Gasteiger partial charge in [-0.25, -0.2) is 4.39 Å². The van der Waals surface area contributed by atoms with E-state index in [4.69, 9.17) is 10.5 Å². The molecule has 2 N–H and O–H groups in total. The molecular formula is C16H24FNO. The lowest BCUT2D eigenvalue weighted by Gasteiger charge is -2.27. The summed E-state index contributed by atoms with van der Waals surface area (Å²) in [5.74, 6) is -0.194. The molecule has 1 aliphatic carbocycles. The van der Waals surface area contributed by atoms with Gasteiger partial charge in [-0.2, -0.15) is 0 Å². The number of nitrogens with two attached hydrogens (primary N) is 1. The molecule has 2 rings (SSSR count). The topological polar surface area (TPSA) is 35.2 Å². The van der Waals surface area contributed by atoms with Crippen LogP contribution in [0.15, 0.2) is 18.2 Å². The van der Waals surface area contributed by atoms with Gasteiger partial charge in [0.2, 0.25) is 0 Å². The zero-order valence-corrected chi connectivity index (χ0v) is 11.8. The summed E-state index contributed by atoms with van der Waals surface area (Å²) in [4.78, 5) is 0. The second kappa shape index (κ2) is 6.49. The molecule has 0 saturated heterocycles. The van der Waals surface area contributed by atoms with E-state index in [1.165, 1.54) is 31.7 Å². The maximum atomic E-state index is 13.0. The Hall–Kier alpha value is -0.930. The van der Waals surface area contributed by atoms with Gasteiger partial charge in [0.05, 0.1) is 13.2 Å². The molecule has 1 aromatic carbocycles. The van der Waals surface area contributed by atoms with Gasteiger partial charge in [0.15, 0.2) is 0 Å². The second-order valence-electron chi connectivity index (χ2n) is 5.84. The van der Waals surface area contributed by atoms with Crippen molar-refractivity contribution < 1.29 is 9.13 Å². The third-order valence-electron chi connectivity index (χ3n) is 4.05. The van der Waals surface area contributed by atoms with Crippen LogP contribution in [0.5, 0.6) is 0 Å². The van der Waals surface area contributed by atoms with Crippen LogP contribution in [0.4, 0.5) is 4.39 Å². The van der Waals surface area contributed by atoms with Crippen LogP contribution in [0.1, 0.15) is 49.7 Å². The first kappa shape index (κ1) is 14.5. The molecule has 0 amide bonds.